The second-order valence-corrected chi connectivity index (χ2v) is 13.1. The number of carbonyl (C=O) groups excluding carboxylic acids is 4. The monoisotopic (exact) mass is 680 g/mol. The third kappa shape index (κ3) is 6.24. The topological polar surface area (TPSA) is 143 Å². The molecule has 0 bridgehead atoms. The van der Waals surface area contributed by atoms with E-state index in [-0.39, 0.29) is 32.7 Å². The molecule has 2 atom stereocenters. The molecule has 2 saturated heterocycles. The number of amides is 4. The van der Waals surface area contributed by atoms with Gasteiger partial charge >= 0.3 is 22.4 Å². The zero-order valence-electron chi connectivity index (χ0n) is 23.3. The van der Waals surface area contributed by atoms with Crippen LogP contribution in [0.15, 0.2) is 46.9 Å². The molecule has 43 heavy (non-hydrogen) atoms. The van der Waals surface area contributed by atoms with E-state index in [1.54, 1.807) is 12.1 Å². The number of nitrogens with zero attached hydrogens (tertiary/aromatic N) is 3. The third-order valence-corrected chi connectivity index (χ3v) is 9.76. The Morgan fingerprint density at radius 1 is 1.21 bits per heavy atom. The molecule has 1 aliphatic carbocycles. The second-order valence-electron chi connectivity index (χ2n) is 10.5. The molecule has 0 unspecified atom stereocenters. The number of carbonyl (C=O) groups is 4. The lowest BCUT2D eigenvalue weighted by Gasteiger charge is -2.39. The highest BCUT2D eigenvalue weighted by Crippen LogP contribution is 2.46. The van der Waals surface area contributed by atoms with E-state index >= 15 is 0 Å². The lowest BCUT2D eigenvalue weighted by molar-refractivity contribution is -0.143. The molecule has 12 nitrogen and oxygen atoms in total. The van der Waals surface area contributed by atoms with Gasteiger partial charge in [0, 0.05) is 42.1 Å². The Bertz CT molecular complexity index is 1560. The molecule has 2 aromatic carbocycles. The van der Waals surface area contributed by atoms with Crippen LogP contribution >= 0.6 is 15.9 Å². The molecule has 1 spiro atoms. The van der Waals surface area contributed by atoms with Gasteiger partial charge in [-0.1, -0.05) is 34.1 Å². The number of nitrogens with one attached hydrogen (secondary N) is 1. The SMILES string of the molecule is CCOC(=O)NS(=O)(=O)N1CCC[C@@H](N(Cc2ccc(F)cc2)C(=O)CN2C(=O)O[C@@]3(CCc4cc(Br)ccc43)C2=O)C1. The summed E-state index contributed by atoms with van der Waals surface area (Å²) in [6, 6.07) is 10.1. The number of piperidine rings is 1. The van der Waals surface area contributed by atoms with Crippen LogP contribution in [0.1, 0.15) is 42.9 Å². The van der Waals surface area contributed by atoms with Crippen molar-refractivity contribution in [3.63, 3.8) is 0 Å². The normalized spacial score (nSPS) is 21.9. The zero-order valence-corrected chi connectivity index (χ0v) is 25.7. The smallest absolute Gasteiger partial charge is 0.421 e. The van der Waals surface area contributed by atoms with Crippen molar-refractivity contribution in [1.29, 1.82) is 0 Å². The first-order chi connectivity index (χ1) is 20.4. The molecular weight excluding hydrogens is 651 g/mol. The summed E-state index contributed by atoms with van der Waals surface area (Å²) < 4.78 is 53.5. The number of benzene rings is 2. The van der Waals surface area contributed by atoms with Gasteiger partial charge in [-0.05, 0) is 61.6 Å². The Hall–Kier alpha value is -3.56. The average molecular weight is 682 g/mol. The van der Waals surface area contributed by atoms with Crippen molar-refractivity contribution in [1.82, 2.24) is 18.8 Å². The summed E-state index contributed by atoms with van der Waals surface area (Å²) in [6.45, 7) is 0.783. The number of rotatable bonds is 8. The highest BCUT2D eigenvalue weighted by Gasteiger charge is 2.58. The summed E-state index contributed by atoms with van der Waals surface area (Å²) in [4.78, 5) is 54.5. The molecule has 0 aromatic heterocycles. The number of aryl methyl sites for hydroxylation is 1. The van der Waals surface area contributed by atoms with Crippen LogP contribution in [-0.4, -0.2) is 78.8 Å². The van der Waals surface area contributed by atoms with Crippen LogP contribution in [0.25, 0.3) is 0 Å². The highest BCUT2D eigenvalue weighted by atomic mass is 79.9. The van der Waals surface area contributed by atoms with Crippen LogP contribution in [0.2, 0.25) is 0 Å². The highest BCUT2D eigenvalue weighted by molar-refractivity contribution is 9.10. The molecule has 2 heterocycles. The largest absolute Gasteiger partial charge is 0.449 e. The summed E-state index contributed by atoms with van der Waals surface area (Å²) in [5, 5.41) is 0. The van der Waals surface area contributed by atoms with Gasteiger partial charge in [0.1, 0.15) is 12.4 Å². The number of imide groups is 1. The fourth-order valence-electron chi connectivity index (χ4n) is 5.78. The van der Waals surface area contributed by atoms with Crippen LogP contribution in [0, 0.1) is 5.82 Å². The third-order valence-electron chi connectivity index (χ3n) is 7.83. The molecule has 2 aliphatic heterocycles. The number of ether oxygens (including phenoxy) is 2. The molecule has 2 fully saturated rings. The van der Waals surface area contributed by atoms with Gasteiger partial charge in [0.25, 0.3) is 5.91 Å². The van der Waals surface area contributed by atoms with Crippen molar-refractivity contribution in [2.24, 2.45) is 0 Å². The van der Waals surface area contributed by atoms with Gasteiger partial charge < -0.3 is 14.4 Å². The van der Waals surface area contributed by atoms with E-state index in [0.29, 0.717) is 30.4 Å². The van der Waals surface area contributed by atoms with Crippen LogP contribution < -0.4 is 4.72 Å². The standard InChI is InChI=1S/C28H30BrFN4O8S/c1-2-41-26(37)31-43(39,40)32-13-3-4-22(16-32)33(15-18-5-8-21(30)9-6-18)24(35)17-34-25(36)28(42-27(34)38)12-11-19-14-20(29)7-10-23(19)28/h5-10,14,22H,2-4,11-13,15-17H2,1H3,(H,31,37)/t22-,28-/m1/s1. The minimum atomic E-state index is -4.28. The van der Waals surface area contributed by atoms with Crippen molar-refractivity contribution in [2.75, 3.05) is 26.2 Å². The van der Waals surface area contributed by atoms with Crippen molar-refractivity contribution >= 4 is 50.1 Å². The first-order valence-corrected chi connectivity index (χ1v) is 16.0. The Kier molecular flexibility index (Phi) is 8.77. The number of hydrogen-bond acceptors (Lipinski definition) is 8. The minimum Gasteiger partial charge on any atom is -0.449 e. The predicted octanol–water partition coefficient (Wildman–Crippen LogP) is 3.19. The summed E-state index contributed by atoms with van der Waals surface area (Å²) >= 11 is 3.41. The number of halogens is 2. The lowest BCUT2D eigenvalue weighted by atomic mass is 9.95. The Morgan fingerprint density at radius 2 is 1.95 bits per heavy atom. The van der Waals surface area contributed by atoms with Gasteiger partial charge in [0.05, 0.1) is 6.61 Å². The zero-order chi connectivity index (χ0) is 30.9. The maximum Gasteiger partial charge on any atom is 0.421 e. The van der Waals surface area contributed by atoms with Gasteiger partial charge in [0.2, 0.25) is 11.5 Å². The summed E-state index contributed by atoms with van der Waals surface area (Å²) in [7, 11) is -4.28. The molecule has 230 valence electrons. The molecule has 5 rings (SSSR count). The van der Waals surface area contributed by atoms with E-state index in [4.69, 9.17) is 9.47 Å². The van der Waals surface area contributed by atoms with Crippen molar-refractivity contribution < 1.29 is 41.5 Å². The van der Waals surface area contributed by atoms with Gasteiger partial charge in [0.15, 0.2) is 0 Å². The summed E-state index contributed by atoms with van der Waals surface area (Å²) in [5.41, 5.74) is 0.487. The summed E-state index contributed by atoms with van der Waals surface area (Å²) in [5.74, 6) is -1.73. The molecule has 2 aromatic rings. The fraction of sp³-hybridized carbons (Fsp3) is 0.429. The Labute approximate surface area is 256 Å². The second kappa shape index (κ2) is 12.2. The molecular formula is C28H30BrFN4O8S. The maximum atomic E-state index is 13.9. The predicted molar refractivity (Wildman–Crippen MR) is 153 cm³/mol. The Balaban J connectivity index is 1.38. The minimum absolute atomic E-state index is 0.0218. The van der Waals surface area contributed by atoms with Crippen LogP contribution in [0.3, 0.4) is 0 Å². The van der Waals surface area contributed by atoms with Crippen LogP contribution in [-0.2, 0) is 47.8 Å². The molecule has 0 saturated carbocycles. The van der Waals surface area contributed by atoms with Gasteiger partial charge in [-0.25, -0.2) is 23.6 Å². The quantitative estimate of drug-likeness (QED) is 0.448. The van der Waals surface area contributed by atoms with Crippen molar-refractivity contribution in [2.45, 2.75) is 50.8 Å². The molecule has 15 heteroatoms. The van der Waals surface area contributed by atoms with Crippen LogP contribution in [0.4, 0.5) is 14.0 Å². The van der Waals surface area contributed by atoms with E-state index in [9.17, 15) is 32.0 Å². The van der Waals surface area contributed by atoms with E-state index in [2.05, 4.69) is 15.9 Å². The van der Waals surface area contributed by atoms with Gasteiger partial charge in [-0.2, -0.15) is 12.7 Å². The molecule has 4 amide bonds. The molecule has 0 radical (unpaired) electrons. The van der Waals surface area contributed by atoms with E-state index in [1.165, 1.54) is 36.1 Å². The van der Waals surface area contributed by atoms with Gasteiger partial charge in [-0.15, -0.1) is 0 Å². The number of fused-ring (bicyclic) bond motifs is 2. The van der Waals surface area contributed by atoms with Gasteiger partial charge in [-0.3, -0.25) is 9.59 Å². The first-order valence-electron chi connectivity index (χ1n) is 13.8. The van der Waals surface area contributed by atoms with E-state index < -0.39 is 58.2 Å². The maximum absolute atomic E-state index is 13.9. The lowest BCUT2D eigenvalue weighted by Crippen LogP contribution is -2.56. The Morgan fingerprint density at radius 3 is 2.67 bits per heavy atom. The number of hydrogen-bond donors (Lipinski definition) is 1. The van der Waals surface area contributed by atoms with Crippen molar-refractivity contribution in [3.05, 3.63) is 69.4 Å². The van der Waals surface area contributed by atoms with E-state index in [0.717, 1.165) is 19.2 Å². The molecule has 1 N–H and O–H groups in total. The van der Waals surface area contributed by atoms with Crippen molar-refractivity contribution in [3.8, 4) is 0 Å². The first kappa shape index (κ1) is 30.9. The van der Waals surface area contributed by atoms with Crippen LogP contribution in [0.5, 0.6) is 0 Å². The molecule has 3 aliphatic rings. The fourth-order valence-corrected chi connectivity index (χ4v) is 7.32. The van der Waals surface area contributed by atoms with E-state index in [1.807, 2.05) is 10.8 Å². The average Bonchev–Trinajstić information content (AvgIpc) is 3.43. The summed E-state index contributed by atoms with van der Waals surface area (Å²) in [6.07, 6.45) is -0.536.